The van der Waals surface area contributed by atoms with Gasteiger partial charge < -0.3 is 10.2 Å². The first kappa shape index (κ1) is 18.6. The predicted octanol–water partition coefficient (Wildman–Crippen LogP) is 3.37. The maximum absolute atomic E-state index is 13.0. The van der Waals surface area contributed by atoms with E-state index in [9.17, 15) is 9.59 Å². The van der Waals surface area contributed by atoms with E-state index in [0.29, 0.717) is 28.4 Å². The van der Waals surface area contributed by atoms with Crippen molar-refractivity contribution in [1.29, 1.82) is 0 Å². The van der Waals surface area contributed by atoms with Crippen LogP contribution in [0.15, 0.2) is 24.4 Å². The van der Waals surface area contributed by atoms with Gasteiger partial charge in [-0.15, -0.1) is 0 Å². The van der Waals surface area contributed by atoms with Crippen molar-refractivity contribution in [3.8, 4) is 0 Å². The number of amides is 2. The van der Waals surface area contributed by atoms with E-state index < -0.39 is 0 Å². The van der Waals surface area contributed by atoms with Gasteiger partial charge in [0.15, 0.2) is 0 Å². The molecule has 3 atom stereocenters. The lowest BCUT2D eigenvalue weighted by atomic mass is 9.45. The van der Waals surface area contributed by atoms with Crippen LogP contribution in [0, 0.1) is 23.2 Å². The molecular formula is C23H30N4O2. The van der Waals surface area contributed by atoms with Crippen molar-refractivity contribution in [3.05, 3.63) is 35.8 Å². The molecule has 1 N–H and O–H groups in total. The summed E-state index contributed by atoms with van der Waals surface area (Å²) < 4.78 is 1.75. The zero-order valence-corrected chi connectivity index (χ0v) is 17.4. The van der Waals surface area contributed by atoms with Crippen LogP contribution in [0.2, 0.25) is 0 Å². The minimum Gasteiger partial charge on any atom is -0.350 e. The van der Waals surface area contributed by atoms with E-state index in [1.165, 1.54) is 19.3 Å². The van der Waals surface area contributed by atoms with Crippen molar-refractivity contribution in [1.82, 2.24) is 19.6 Å². The first-order chi connectivity index (χ1) is 13.9. The second kappa shape index (κ2) is 6.85. The molecule has 4 fully saturated rings. The van der Waals surface area contributed by atoms with Gasteiger partial charge in [-0.3, -0.25) is 14.0 Å². The van der Waals surface area contributed by atoms with E-state index in [-0.39, 0.29) is 11.8 Å². The first-order valence-corrected chi connectivity index (χ1v) is 11.0. The lowest BCUT2D eigenvalue weighted by molar-refractivity contribution is -0.103. The topological polar surface area (TPSA) is 66.7 Å². The molecule has 1 saturated heterocycles. The van der Waals surface area contributed by atoms with Gasteiger partial charge in [0.25, 0.3) is 11.8 Å². The number of aromatic nitrogens is 2. The van der Waals surface area contributed by atoms with Gasteiger partial charge in [-0.1, -0.05) is 19.9 Å². The van der Waals surface area contributed by atoms with Crippen LogP contribution in [0.4, 0.5) is 0 Å². The Morgan fingerprint density at radius 3 is 2.72 bits per heavy atom. The highest BCUT2D eigenvalue weighted by Gasteiger charge is 2.53. The quantitative estimate of drug-likeness (QED) is 0.865. The smallest absolute Gasteiger partial charge is 0.274 e. The Bertz CT molecular complexity index is 955. The van der Waals surface area contributed by atoms with Gasteiger partial charge in [-0.05, 0) is 67.4 Å². The highest BCUT2D eigenvalue weighted by Crippen LogP contribution is 2.61. The average Bonchev–Trinajstić information content (AvgIpc) is 3.41. The maximum atomic E-state index is 13.0. The van der Waals surface area contributed by atoms with E-state index in [4.69, 9.17) is 0 Å². The van der Waals surface area contributed by atoms with E-state index in [2.05, 4.69) is 24.1 Å². The van der Waals surface area contributed by atoms with Crippen LogP contribution in [0.1, 0.15) is 66.9 Å². The third-order valence-corrected chi connectivity index (χ3v) is 7.86. The normalized spacial score (nSPS) is 27.7. The molecule has 0 unspecified atom stereocenters. The van der Waals surface area contributed by atoms with Gasteiger partial charge in [0.1, 0.15) is 17.0 Å². The molecular weight excluding hydrogens is 364 g/mol. The Balaban J connectivity index is 1.32. The lowest BCUT2D eigenvalue weighted by Gasteiger charge is -2.60. The Morgan fingerprint density at radius 2 is 2.00 bits per heavy atom. The van der Waals surface area contributed by atoms with Crippen LogP contribution in [0.5, 0.6) is 0 Å². The molecule has 2 bridgehead atoms. The van der Waals surface area contributed by atoms with Gasteiger partial charge in [-0.2, -0.15) is 0 Å². The number of fused-ring (bicyclic) bond motifs is 3. The highest BCUT2D eigenvalue weighted by molar-refractivity contribution is 5.95. The van der Waals surface area contributed by atoms with E-state index >= 15 is 0 Å². The Labute approximate surface area is 171 Å². The number of imidazole rings is 1. The lowest BCUT2D eigenvalue weighted by Crippen LogP contribution is -2.54. The van der Waals surface area contributed by atoms with Crippen molar-refractivity contribution < 1.29 is 9.59 Å². The summed E-state index contributed by atoms with van der Waals surface area (Å²) in [5.41, 5.74) is 2.02. The Kier molecular flexibility index (Phi) is 4.41. The summed E-state index contributed by atoms with van der Waals surface area (Å²) in [6.07, 6.45) is 7.61. The van der Waals surface area contributed by atoms with Gasteiger partial charge in [0.05, 0.1) is 0 Å². The van der Waals surface area contributed by atoms with Gasteiger partial charge >= 0.3 is 0 Å². The molecule has 3 heterocycles. The molecule has 2 aromatic rings. The number of nitrogens with one attached hydrogen (secondary N) is 1. The Hall–Kier alpha value is -2.37. The molecule has 3 saturated carbocycles. The van der Waals surface area contributed by atoms with Crippen molar-refractivity contribution in [2.45, 2.75) is 46.0 Å². The molecule has 4 aliphatic rings. The summed E-state index contributed by atoms with van der Waals surface area (Å²) >= 11 is 0. The number of hydrogen-bond acceptors (Lipinski definition) is 3. The van der Waals surface area contributed by atoms with Crippen molar-refractivity contribution in [2.75, 3.05) is 19.6 Å². The Morgan fingerprint density at radius 1 is 1.21 bits per heavy atom. The molecule has 3 aliphatic carbocycles. The number of pyridine rings is 1. The predicted molar refractivity (Wildman–Crippen MR) is 111 cm³/mol. The molecule has 0 radical (unpaired) electrons. The molecule has 154 valence electrons. The number of carbonyl (C=O) groups is 2. The molecule has 1 aliphatic heterocycles. The fraction of sp³-hybridized carbons (Fsp3) is 0.609. The van der Waals surface area contributed by atoms with Crippen LogP contribution in [0.3, 0.4) is 0 Å². The standard InChI is InChI=1S/C23H30N4O2/c1-23(2)16-9-8-15(17(23)12-16)13-24-21(28)19-6-5-7-20-25-18(14-27(19)20)22(29)26-10-3-4-11-26/h5-7,14-17H,3-4,8-13H2,1-2H3,(H,24,28)/t15-,16-,17+/m0/s1. The summed E-state index contributed by atoms with van der Waals surface area (Å²) in [7, 11) is 0. The van der Waals surface area contributed by atoms with Gasteiger partial charge in [-0.25, -0.2) is 4.98 Å². The largest absolute Gasteiger partial charge is 0.350 e. The SMILES string of the molecule is CC1(C)[C@H]2CC[C@@H](CNC(=O)c3cccc4nc(C(=O)N5CCCC5)cn34)[C@H]1C2. The van der Waals surface area contributed by atoms with Gasteiger partial charge in [0.2, 0.25) is 0 Å². The summed E-state index contributed by atoms with van der Waals surface area (Å²) in [5.74, 6) is 2.02. The van der Waals surface area contributed by atoms with Crippen molar-refractivity contribution >= 4 is 17.5 Å². The van der Waals surface area contributed by atoms with E-state index in [0.717, 1.165) is 44.3 Å². The fourth-order valence-corrected chi connectivity index (χ4v) is 5.90. The molecule has 6 nitrogen and oxygen atoms in total. The molecule has 2 amide bonds. The number of likely N-dealkylation sites (tertiary alicyclic amines) is 1. The third-order valence-electron chi connectivity index (χ3n) is 7.86. The van der Waals surface area contributed by atoms with Crippen molar-refractivity contribution in [3.63, 3.8) is 0 Å². The number of nitrogens with zero attached hydrogens (tertiary/aromatic N) is 3. The molecule has 6 rings (SSSR count). The van der Waals surface area contributed by atoms with Gasteiger partial charge in [0, 0.05) is 25.8 Å². The second-order valence-corrected chi connectivity index (χ2v) is 9.67. The van der Waals surface area contributed by atoms with Crippen LogP contribution in [0.25, 0.3) is 5.65 Å². The number of rotatable bonds is 4. The molecule has 0 spiro atoms. The molecule has 0 aromatic carbocycles. The van der Waals surface area contributed by atoms with Crippen molar-refractivity contribution in [2.24, 2.45) is 23.2 Å². The molecule has 29 heavy (non-hydrogen) atoms. The summed E-state index contributed by atoms with van der Waals surface area (Å²) in [6.45, 7) is 7.07. The van der Waals surface area contributed by atoms with Crippen LogP contribution in [-0.4, -0.2) is 45.7 Å². The number of hydrogen-bond donors (Lipinski definition) is 1. The van der Waals surface area contributed by atoms with E-state index in [1.54, 1.807) is 16.7 Å². The average molecular weight is 395 g/mol. The summed E-state index contributed by atoms with van der Waals surface area (Å²) in [4.78, 5) is 32.0. The first-order valence-electron chi connectivity index (χ1n) is 11.0. The number of carbonyl (C=O) groups excluding carboxylic acids is 2. The van der Waals surface area contributed by atoms with E-state index in [1.807, 2.05) is 17.0 Å². The minimum absolute atomic E-state index is 0.0402. The molecule has 6 heteroatoms. The second-order valence-electron chi connectivity index (χ2n) is 9.67. The maximum Gasteiger partial charge on any atom is 0.274 e. The van der Waals surface area contributed by atoms with Crippen LogP contribution in [-0.2, 0) is 0 Å². The molecule has 2 aromatic heterocycles. The zero-order chi connectivity index (χ0) is 20.2. The fourth-order valence-electron chi connectivity index (χ4n) is 5.90. The summed E-state index contributed by atoms with van der Waals surface area (Å²) in [5, 5.41) is 3.16. The monoisotopic (exact) mass is 394 g/mol. The summed E-state index contributed by atoms with van der Waals surface area (Å²) in [6, 6.07) is 5.48. The minimum atomic E-state index is -0.0903. The van der Waals surface area contributed by atoms with Crippen LogP contribution < -0.4 is 5.32 Å². The van der Waals surface area contributed by atoms with Crippen LogP contribution >= 0.6 is 0 Å². The third kappa shape index (κ3) is 3.04. The highest BCUT2D eigenvalue weighted by atomic mass is 16.2. The zero-order valence-electron chi connectivity index (χ0n) is 17.4.